The first-order valence-electron chi connectivity index (χ1n) is 25.8. The Hall–Kier alpha value is -1.93. The number of aliphatic hydroxyl groups excluding tert-OH is 5. The van der Waals surface area contributed by atoms with E-state index in [9.17, 15) is 44.6 Å². The normalized spacial score (nSPS) is 21.7. The first kappa shape index (κ1) is 61.1. The molecular formula is C51H93O13P. The van der Waals surface area contributed by atoms with Crippen molar-refractivity contribution in [3.05, 3.63) is 36.5 Å². The Morgan fingerprint density at radius 2 is 0.831 bits per heavy atom. The summed E-state index contributed by atoms with van der Waals surface area (Å²) in [6, 6.07) is 0. The van der Waals surface area contributed by atoms with Crippen LogP contribution in [0.3, 0.4) is 0 Å². The van der Waals surface area contributed by atoms with Crippen molar-refractivity contribution in [2.24, 2.45) is 0 Å². The van der Waals surface area contributed by atoms with Gasteiger partial charge in [-0.3, -0.25) is 18.6 Å². The lowest BCUT2D eigenvalue weighted by molar-refractivity contribution is -0.220. The van der Waals surface area contributed by atoms with E-state index in [1.54, 1.807) is 0 Å². The summed E-state index contributed by atoms with van der Waals surface area (Å²) < 4.78 is 33.6. The van der Waals surface area contributed by atoms with E-state index in [1.807, 2.05) is 0 Å². The van der Waals surface area contributed by atoms with Crippen molar-refractivity contribution in [1.29, 1.82) is 0 Å². The van der Waals surface area contributed by atoms with Gasteiger partial charge in [-0.05, 0) is 70.6 Å². The van der Waals surface area contributed by atoms with E-state index in [-0.39, 0.29) is 12.8 Å². The smallest absolute Gasteiger partial charge is 0.462 e. The van der Waals surface area contributed by atoms with Gasteiger partial charge in [0.2, 0.25) is 0 Å². The van der Waals surface area contributed by atoms with E-state index in [0.717, 1.165) is 70.6 Å². The Balaban J connectivity index is 2.39. The number of phosphoric ester groups is 1. The molecule has 0 amide bonds. The van der Waals surface area contributed by atoms with Gasteiger partial charge in [0.1, 0.15) is 43.2 Å². The van der Waals surface area contributed by atoms with E-state index < -0.39 is 75.7 Å². The molecule has 1 aliphatic rings. The molecule has 1 rings (SSSR count). The molecule has 380 valence electrons. The highest BCUT2D eigenvalue weighted by molar-refractivity contribution is 7.47. The maximum atomic E-state index is 12.8. The van der Waals surface area contributed by atoms with E-state index in [2.05, 4.69) is 50.3 Å². The van der Waals surface area contributed by atoms with Crippen LogP contribution in [0.4, 0.5) is 0 Å². The van der Waals surface area contributed by atoms with Gasteiger partial charge >= 0.3 is 19.8 Å². The number of phosphoric acid groups is 1. The quantitative estimate of drug-likeness (QED) is 0.0146. The molecule has 1 aliphatic carbocycles. The monoisotopic (exact) mass is 945 g/mol. The lowest BCUT2D eigenvalue weighted by Gasteiger charge is -2.41. The van der Waals surface area contributed by atoms with E-state index in [0.29, 0.717) is 12.8 Å². The molecule has 1 saturated carbocycles. The van der Waals surface area contributed by atoms with Crippen molar-refractivity contribution in [3.8, 4) is 0 Å². The van der Waals surface area contributed by atoms with Crippen LogP contribution in [-0.4, -0.2) is 98.3 Å². The van der Waals surface area contributed by atoms with Gasteiger partial charge in [0.15, 0.2) is 6.10 Å². The van der Waals surface area contributed by atoms with Crippen molar-refractivity contribution in [3.63, 3.8) is 0 Å². The largest absolute Gasteiger partial charge is 0.472 e. The van der Waals surface area contributed by atoms with Gasteiger partial charge < -0.3 is 39.9 Å². The van der Waals surface area contributed by atoms with Gasteiger partial charge in [0.25, 0.3) is 0 Å². The summed E-state index contributed by atoms with van der Waals surface area (Å²) in [5.41, 5.74) is 0. The molecule has 0 radical (unpaired) electrons. The summed E-state index contributed by atoms with van der Waals surface area (Å²) in [5, 5.41) is 50.2. The molecule has 6 N–H and O–H groups in total. The fourth-order valence-corrected chi connectivity index (χ4v) is 8.76. The van der Waals surface area contributed by atoms with Crippen molar-refractivity contribution in [2.45, 2.75) is 262 Å². The second-order valence-corrected chi connectivity index (χ2v) is 19.4. The number of ether oxygens (including phenoxy) is 2. The zero-order valence-corrected chi connectivity index (χ0v) is 41.4. The van der Waals surface area contributed by atoms with Crippen LogP contribution in [0.25, 0.3) is 0 Å². The fourth-order valence-electron chi connectivity index (χ4n) is 7.78. The summed E-state index contributed by atoms with van der Waals surface area (Å²) >= 11 is 0. The van der Waals surface area contributed by atoms with Gasteiger partial charge in [-0.15, -0.1) is 0 Å². The summed E-state index contributed by atoms with van der Waals surface area (Å²) in [7, 11) is -5.12. The number of esters is 2. The molecule has 13 nitrogen and oxygen atoms in total. The van der Waals surface area contributed by atoms with E-state index in [4.69, 9.17) is 18.5 Å². The highest BCUT2D eigenvalue weighted by Crippen LogP contribution is 2.47. The predicted molar refractivity (Wildman–Crippen MR) is 258 cm³/mol. The lowest BCUT2D eigenvalue weighted by Crippen LogP contribution is -2.64. The maximum Gasteiger partial charge on any atom is 0.472 e. The number of aliphatic hydroxyl groups is 5. The van der Waals surface area contributed by atoms with E-state index in [1.165, 1.54) is 109 Å². The number of hydrogen-bond donors (Lipinski definition) is 6. The maximum absolute atomic E-state index is 12.8. The van der Waals surface area contributed by atoms with Gasteiger partial charge in [-0.25, -0.2) is 4.57 Å². The highest BCUT2D eigenvalue weighted by atomic mass is 31.2. The van der Waals surface area contributed by atoms with Crippen LogP contribution in [0.15, 0.2) is 36.5 Å². The molecule has 0 aromatic heterocycles. The zero-order valence-electron chi connectivity index (χ0n) is 40.5. The van der Waals surface area contributed by atoms with Crippen LogP contribution in [0.1, 0.15) is 219 Å². The number of carbonyl (C=O) groups is 2. The van der Waals surface area contributed by atoms with E-state index >= 15 is 0 Å². The third kappa shape index (κ3) is 33.3. The third-order valence-electron chi connectivity index (χ3n) is 12.0. The Morgan fingerprint density at radius 1 is 0.477 bits per heavy atom. The van der Waals surface area contributed by atoms with Crippen LogP contribution in [-0.2, 0) is 32.7 Å². The van der Waals surface area contributed by atoms with Crippen LogP contribution in [0, 0.1) is 0 Å². The molecule has 0 spiro atoms. The molecule has 65 heavy (non-hydrogen) atoms. The van der Waals surface area contributed by atoms with Gasteiger partial charge in [-0.2, -0.15) is 0 Å². The number of unbranched alkanes of at least 4 members (excludes halogenated alkanes) is 25. The summed E-state index contributed by atoms with van der Waals surface area (Å²) in [6.07, 6.45) is 34.7. The fraction of sp³-hybridized carbons (Fsp3) is 0.843. The molecule has 6 unspecified atom stereocenters. The minimum atomic E-state index is -5.12. The number of hydrogen-bond acceptors (Lipinski definition) is 12. The minimum absolute atomic E-state index is 0.0937. The molecule has 0 saturated heterocycles. The van der Waals surface area contributed by atoms with Crippen LogP contribution < -0.4 is 0 Å². The predicted octanol–water partition coefficient (Wildman–Crippen LogP) is 11.0. The Kier molecular flexibility index (Phi) is 38.6. The zero-order chi connectivity index (χ0) is 47.8. The first-order chi connectivity index (χ1) is 31.4. The van der Waals surface area contributed by atoms with Crippen molar-refractivity contribution < 1.29 is 63.1 Å². The topological polar surface area (TPSA) is 210 Å². The molecular weight excluding hydrogens is 852 g/mol. The molecule has 0 heterocycles. The Labute approximate surface area is 393 Å². The van der Waals surface area contributed by atoms with Crippen molar-refractivity contribution in [1.82, 2.24) is 0 Å². The van der Waals surface area contributed by atoms with Crippen molar-refractivity contribution in [2.75, 3.05) is 13.2 Å². The number of rotatable bonds is 43. The average molecular weight is 945 g/mol. The van der Waals surface area contributed by atoms with Crippen LogP contribution in [0.2, 0.25) is 0 Å². The van der Waals surface area contributed by atoms with Gasteiger partial charge in [0.05, 0.1) is 6.61 Å². The second-order valence-electron chi connectivity index (χ2n) is 18.0. The molecule has 8 atom stereocenters. The Bertz CT molecular complexity index is 1280. The molecule has 14 heteroatoms. The minimum Gasteiger partial charge on any atom is -0.462 e. The number of carbonyl (C=O) groups excluding carboxylic acids is 2. The van der Waals surface area contributed by atoms with Gasteiger partial charge in [0, 0.05) is 12.8 Å². The standard InChI is InChI=1S/C51H93O13P/c1-3-5-7-9-11-13-15-17-19-20-21-22-23-24-26-28-30-32-34-36-38-40-45(53)63-43(42-62-65(59,60)64-51-49(57)47(55)46(54)48(56)50(51)58)41-61-44(52)39-37-35-33-31-29-27-25-18-16-14-12-10-8-6-4-2/h12,14,17-19,25,43,46-51,54-58H,3-11,13,15-16,20-24,26-42H2,1-2H3,(H,59,60)/b14-12+,19-17+,25-18+/t43-,46?,47-,48?,49?,50?,51?/m1/s1. The number of allylic oxidation sites excluding steroid dienone is 6. The molecule has 0 aliphatic heterocycles. The molecule has 1 fully saturated rings. The van der Waals surface area contributed by atoms with Crippen LogP contribution in [0.5, 0.6) is 0 Å². The molecule has 0 aromatic rings. The molecule has 0 aromatic carbocycles. The van der Waals surface area contributed by atoms with Crippen LogP contribution >= 0.6 is 7.82 Å². The first-order valence-corrected chi connectivity index (χ1v) is 27.3. The summed E-state index contributed by atoms with van der Waals surface area (Å²) in [5.74, 6) is -1.11. The molecule has 0 bridgehead atoms. The second kappa shape index (κ2) is 41.1. The van der Waals surface area contributed by atoms with Crippen molar-refractivity contribution >= 4 is 19.8 Å². The Morgan fingerprint density at radius 3 is 1.29 bits per heavy atom. The lowest BCUT2D eigenvalue weighted by atomic mass is 9.85. The average Bonchev–Trinajstić information content (AvgIpc) is 3.29. The summed E-state index contributed by atoms with van der Waals surface area (Å²) in [6.45, 7) is 3.28. The SMILES string of the molecule is CCCCC/C=C/C/C=C/CCCCCCCC(=O)OC[C@H](COP(=O)(O)OC1C(O)C(O)C(O)[C@@H](O)C1O)OC(=O)CCCCCCCCCCCCC/C=C/CCCCCCCC. The van der Waals surface area contributed by atoms with Gasteiger partial charge in [-0.1, -0.05) is 172 Å². The third-order valence-corrected chi connectivity index (χ3v) is 12.9. The summed E-state index contributed by atoms with van der Waals surface area (Å²) in [4.78, 5) is 35.8. The highest BCUT2D eigenvalue weighted by Gasteiger charge is 2.51.